The van der Waals surface area contributed by atoms with Gasteiger partial charge in [-0.25, -0.2) is 13.8 Å². The van der Waals surface area contributed by atoms with E-state index in [2.05, 4.69) is 20.6 Å². The molecule has 4 rings (SSSR count). The number of halogens is 2. The van der Waals surface area contributed by atoms with Gasteiger partial charge in [-0.05, 0) is 17.5 Å². The van der Waals surface area contributed by atoms with Gasteiger partial charge < -0.3 is 5.32 Å². The van der Waals surface area contributed by atoms with Crippen LogP contribution in [0.3, 0.4) is 0 Å². The molecule has 25 heavy (non-hydrogen) atoms. The van der Waals surface area contributed by atoms with Gasteiger partial charge in [-0.15, -0.1) is 5.10 Å². The van der Waals surface area contributed by atoms with Gasteiger partial charge in [-0.2, -0.15) is 0 Å². The Morgan fingerprint density at radius 3 is 2.76 bits per heavy atom. The number of nitrogens with zero attached hydrogens (tertiary/aromatic N) is 4. The predicted octanol–water partition coefficient (Wildman–Crippen LogP) is 3.01. The first-order chi connectivity index (χ1) is 11.9. The fraction of sp³-hybridized carbons (Fsp3) is 0.294. The van der Waals surface area contributed by atoms with Gasteiger partial charge in [0.1, 0.15) is 11.5 Å². The summed E-state index contributed by atoms with van der Waals surface area (Å²) in [6.07, 6.45) is 2.65. The molecule has 1 aromatic carbocycles. The van der Waals surface area contributed by atoms with E-state index >= 15 is 0 Å². The molecule has 3 aromatic rings. The Bertz CT molecular complexity index is 961. The van der Waals surface area contributed by atoms with Crippen molar-refractivity contribution in [3.8, 4) is 11.3 Å². The predicted molar refractivity (Wildman–Crippen MR) is 88.0 cm³/mol. The lowest BCUT2D eigenvalue weighted by atomic mass is 9.81. The molecule has 2 heterocycles. The second-order valence-corrected chi connectivity index (χ2v) is 6.36. The maximum atomic E-state index is 12.9. The third kappa shape index (κ3) is 3.07. The first-order valence-corrected chi connectivity index (χ1v) is 7.85. The van der Waals surface area contributed by atoms with Crippen molar-refractivity contribution in [3.05, 3.63) is 36.7 Å². The molecular formula is C17H15F2N5O. The molecule has 128 valence electrons. The topological polar surface area (TPSA) is 72.7 Å². The fourth-order valence-electron chi connectivity index (χ4n) is 2.92. The van der Waals surface area contributed by atoms with E-state index in [0.717, 1.165) is 22.0 Å². The molecule has 0 radical (unpaired) electrons. The van der Waals surface area contributed by atoms with Crippen LogP contribution in [0.25, 0.3) is 22.0 Å². The maximum absolute atomic E-state index is 12.9. The highest BCUT2D eigenvalue weighted by Crippen LogP contribution is 2.42. The Labute approximate surface area is 141 Å². The van der Waals surface area contributed by atoms with Crippen LogP contribution in [-0.4, -0.2) is 31.8 Å². The van der Waals surface area contributed by atoms with E-state index in [4.69, 9.17) is 0 Å². The van der Waals surface area contributed by atoms with Crippen molar-refractivity contribution < 1.29 is 13.6 Å². The molecule has 1 fully saturated rings. The van der Waals surface area contributed by atoms with E-state index in [-0.39, 0.29) is 0 Å². The molecule has 1 N–H and O–H groups in total. The minimum Gasteiger partial charge on any atom is -0.310 e. The summed E-state index contributed by atoms with van der Waals surface area (Å²) in [5.41, 5.74) is 1.63. The van der Waals surface area contributed by atoms with Crippen molar-refractivity contribution in [2.45, 2.75) is 18.8 Å². The highest BCUT2D eigenvalue weighted by molar-refractivity contribution is 5.95. The van der Waals surface area contributed by atoms with Crippen molar-refractivity contribution in [2.24, 2.45) is 13.0 Å². The van der Waals surface area contributed by atoms with Gasteiger partial charge in [-0.3, -0.25) is 9.48 Å². The molecule has 8 heteroatoms. The number of benzene rings is 1. The molecule has 0 spiro atoms. The standard InChI is InChI=1S/C17H15F2N5O/c1-24-9-14(22-23-24)10-2-3-11-8-20-15(5-12(11)4-10)21-16(25)13-6-17(18,19)7-13/h2-5,8-9,13H,6-7H2,1H3,(H,20,21,25). The van der Waals surface area contributed by atoms with Crippen LogP contribution in [0.4, 0.5) is 14.6 Å². The van der Waals surface area contributed by atoms with Crippen molar-refractivity contribution in [1.29, 1.82) is 0 Å². The summed E-state index contributed by atoms with van der Waals surface area (Å²) in [5.74, 6) is -3.44. The zero-order valence-corrected chi connectivity index (χ0v) is 13.4. The summed E-state index contributed by atoms with van der Waals surface area (Å²) in [7, 11) is 1.79. The van der Waals surface area contributed by atoms with Crippen molar-refractivity contribution in [3.63, 3.8) is 0 Å². The zero-order valence-electron chi connectivity index (χ0n) is 13.4. The van der Waals surface area contributed by atoms with Crippen LogP contribution in [-0.2, 0) is 11.8 Å². The molecule has 1 amide bonds. The van der Waals surface area contributed by atoms with E-state index in [1.54, 1.807) is 24.0 Å². The summed E-state index contributed by atoms with van der Waals surface area (Å²) >= 11 is 0. The Morgan fingerprint density at radius 2 is 2.08 bits per heavy atom. The molecule has 6 nitrogen and oxygen atoms in total. The third-order valence-electron chi connectivity index (χ3n) is 4.33. The molecule has 2 aromatic heterocycles. The van der Waals surface area contributed by atoms with E-state index < -0.39 is 30.6 Å². The molecule has 1 aliphatic rings. The second kappa shape index (κ2) is 5.58. The van der Waals surface area contributed by atoms with Crippen molar-refractivity contribution in [2.75, 3.05) is 5.32 Å². The number of hydrogen-bond donors (Lipinski definition) is 1. The lowest BCUT2D eigenvalue weighted by Gasteiger charge is -2.33. The van der Waals surface area contributed by atoms with Crippen molar-refractivity contribution >= 4 is 22.5 Å². The summed E-state index contributed by atoms with van der Waals surface area (Å²) in [5, 5.41) is 12.4. The van der Waals surface area contributed by atoms with Crippen LogP contribution in [0.2, 0.25) is 0 Å². The number of aryl methyl sites for hydroxylation is 1. The number of fused-ring (bicyclic) bond motifs is 1. The molecule has 0 saturated heterocycles. The number of amides is 1. The highest BCUT2D eigenvalue weighted by atomic mass is 19.3. The minimum absolute atomic E-state index is 0.351. The quantitative estimate of drug-likeness (QED) is 0.793. The number of hydrogen-bond acceptors (Lipinski definition) is 4. The Morgan fingerprint density at radius 1 is 1.28 bits per heavy atom. The van der Waals surface area contributed by atoms with E-state index in [9.17, 15) is 13.6 Å². The van der Waals surface area contributed by atoms with Gasteiger partial charge in [0.25, 0.3) is 0 Å². The molecule has 0 atom stereocenters. The van der Waals surface area contributed by atoms with Gasteiger partial charge in [0.05, 0.1) is 6.20 Å². The molecule has 1 saturated carbocycles. The van der Waals surface area contributed by atoms with Gasteiger partial charge in [0.15, 0.2) is 0 Å². The van der Waals surface area contributed by atoms with Gasteiger partial charge >= 0.3 is 0 Å². The zero-order chi connectivity index (χ0) is 17.6. The monoisotopic (exact) mass is 343 g/mol. The lowest BCUT2D eigenvalue weighted by Crippen LogP contribution is -2.42. The average molecular weight is 343 g/mol. The van der Waals surface area contributed by atoms with Crippen LogP contribution < -0.4 is 5.32 Å². The molecule has 0 unspecified atom stereocenters. The lowest BCUT2D eigenvalue weighted by molar-refractivity contribution is -0.145. The second-order valence-electron chi connectivity index (χ2n) is 6.36. The molecular weight excluding hydrogens is 328 g/mol. The van der Waals surface area contributed by atoms with Crippen LogP contribution in [0.1, 0.15) is 12.8 Å². The normalized spacial score (nSPS) is 16.6. The fourth-order valence-corrected chi connectivity index (χ4v) is 2.92. The molecule has 1 aliphatic carbocycles. The van der Waals surface area contributed by atoms with Crippen molar-refractivity contribution in [1.82, 2.24) is 20.0 Å². The Hall–Kier alpha value is -2.90. The summed E-state index contributed by atoms with van der Waals surface area (Å²) in [6, 6.07) is 7.48. The summed E-state index contributed by atoms with van der Waals surface area (Å²) in [4.78, 5) is 16.2. The number of pyridine rings is 1. The molecule has 0 aliphatic heterocycles. The van der Waals surface area contributed by atoms with E-state index in [1.807, 2.05) is 24.4 Å². The maximum Gasteiger partial charge on any atom is 0.249 e. The highest BCUT2D eigenvalue weighted by Gasteiger charge is 2.48. The number of anilines is 1. The van der Waals surface area contributed by atoms with Crippen LogP contribution >= 0.6 is 0 Å². The third-order valence-corrected chi connectivity index (χ3v) is 4.33. The van der Waals surface area contributed by atoms with E-state index in [0.29, 0.717) is 5.82 Å². The minimum atomic E-state index is -2.72. The largest absolute Gasteiger partial charge is 0.310 e. The van der Waals surface area contributed by atoms with Crippen LogP contribution in [0, 0.1) is 5.92 Å². The summed E-state index contributed by atoms with van der Waals surface area (Å²) in [6.45, 7) is 0. The van der Waals surface area contributed by atoms with Crippen LogP contribution in [0.15, 0.2) is 36.7 Å². The SMILES string of the molecule is Cn1cc(-c2ccc3cnc(NC(=O)C4CC(F)(F)C4)cc3c2)nn1. The number of alkyl halides is 2. The Balaban J connectivity index is 1.57. The van der Waals surface area contributed by atoms with Gasteiger partial charge in [0, 0.05) is 43.0 Å². The van der Waals surface area contributed by atoms with Gasteiger partial charge in [-0.1, -0.05) is 17.3 Å². The first kappa shape index (κ1) is 15.6. The van der Waals surface area contributed by atoms with Crippen LogP contribution in [0.5, 0.6) is 0 Å². The summed E-state index contributed by atoms with van der Waals surface area (Å²) < 4.78 is 27.4. The number of carbonyl (C=O) groups excluding carboxylic acids is 1. The number of nitrogens with one attached hydrogen (secondary N) is 1. The number of rotatable bonds is 3. The first-order valence-electron chi connectivity index (χ1n) is 7.85. The smallest absolute Gasteiger partial charge is 0.249 e. The molecule has 0 bridgehead atoms. The van der Waals surface area contributed by atoms with E-state index in [1.165, 1.54) is 0 Å². The number of aromatic nitrogens is 4. The average Bonchev–Trinajstić information content (AvgIpc) is 2.98. The number of carbonyl (C=O) groups is 1. The Kier molecular flexibility index (Phi) is 3.48. The van der Waals surface area contributed by atoms with Gasteiger partial charge in [0.2, 0.25) is 11.8 Å².